The van der Waals surface area contributed by atoms with Gasteiger partial charge in [-0.15, -0.1) is 0 Å². The molecule has 3 unspecified atom stereocenters. The van der Waals surface area contributed by atoms with Crippen LogP contribution in [-0.2, 0) is 4.79 Å². The zero-order chi connectivity index (χ0) is 20.0. The highest BCUT2D eigenvalue weighted by Gasteiger charge is 2.41. The summed E-state index contributed by atoms with van der Waals surface area (Å²) in [6.07, 6.45) is 4.49. The molecule has 2 aliphatic heterocycles. The number of nitrogens with one attached hydrogen (secondary N) is 1. The van der Waals surface area contributed by atoms with E-state index in [2.05, 4.69) is 20.3 Å². The van der Waals surface area contributed by atoms with Gasteiger partial charge in [-0.3, -0.25) is 15.1 Å². The zero-order valence-corrected chi connectivity index (χ0v) is 16.7. The van der Waals surface area contributed by atoms with Crippen LogP contribution >= 0.6 is 11.6 Å². The van der Waals surface area contributed by atoms with Gasteiger partial charge >= 0.3 is 6.01 Å². The Morgan fingerprint density at radius 2 is 2.10 bits per heavy atom. The first-order chi connectivity index (χ1) is 14.1. The van der Waals surface area contributed by atoms with Gasteiger partial charge in [-0.25, -0.2) is 9.98 Å². The Bertz CT molecular complexity index is 1080. The number of aromatic nitrogens is 1. The number of ketones is 1. The van der Waals surface area contributed by atoms with Gasteiger partial charge in [0.2, 0.25) is 5.96 Å². The number of anilines is 1. The first-order valence-corrected chi connectivity index (χ1v) is 10.2. The van der Waals surface area contributed by atoms with Crippen molar-refractivity contribution in [1.82, 2.24) is 4.98 Å². The molecule has 1 aromatic heterocycles. The van der Waals surface area contributed by atoms with Gasteiger partial charge in [-0.2, -0.15) is 4.98 Å². The number of hydrogen-bond acceptors (Lipinski definition) is 7. The number of aliphatic imine (C=N–C) groups is 3. The summed E-state index contributed by atoms with van der Waals surface area (Å²) >= 11 is 6.48. The number of hydrogen-bond donors (Lipinski definition) is 1. The number of oxazole rings is 1. The molecular formula is C21H20ClN5O2. The summed E-state index contributed by atoms with van der Waals surface area (Å²) in [5, 5.41) is 3.65. The molecule has 3 aliphatic rings. The smallest absolute Gasteiger partial charge is 0.302 e. The fraction of sp³-hybridized carbons (Fsp3) is 0.381. The van der Waals surface area contributed by atoms with Crippen LogP contribution in [0.5, 0.6) is 0 Å². The normalized spacial score (nSPS) is 27.0. The first-order valence-electron chi connectivity index (χ1n) is 9.81. The minimum absolute atomic E-state index is 0.108. The predicted octanol–water partition coefficient (Wildman–Crippen LogP) is 4.14. The maximum atomic E-state index is 12.8. The average molecular weight is 410 g/mol. The van der Waals surface area contributed by atoms with Crippen molar-refractivity contribution in [2.24, 2.45) is 20.9 Å². The summed E-state index contributed by atoms with van der Waals surface area (Å²) in [5.74, 6) is 0.229. The van der Waals surface area contributed by atoms with Gasteiger partial charge in [-0.1, -0.05) is 23.7 Å². The summed E-state index contributed by atoms with van der Waals surface area (Å²) in [7, 11) is 0. The van der Waals surface area contributed by atoms with E-state index >= 15 is 0 Å². The van der Waals surface area contributed by atoms with E-state index in [1.165, 1.54) is 0 Å². The Labute approximate surface area is 172 Å². The Kier molecular flexibility index (Phi) is 4.54. The first kappa shape index (κ1) is 18.2. The van der Waals surface area contributed by atoms with Crippen molar-refractivity contribution in [3.63, 3.8) is 0 Å². The number of guanidine groups is 1. The molecule has 0 saturated heterocycles. The molecule has 29 heavy (non-hydrogen) atoms. The molecule has 5 rings (SSSR count). The zero-order valence-electron chi connectivity index (χ0n) is 15.9. The van der Waals surface area contributed by atoms with Crippen LogP contribution in [0.1, 0.15) is 32.6 Å². The highest BCUT2D eigenvalue weighted by molar-refractivity contribution is 6.40. The van der Waals surface area contributed by atoms with Crippen LogP contribution in [0.15, 0.2) is 54.3 Å². The van der Waals surface area contributed by atoms with Crippen LogP contribution in [0.25, 0.3) is 11.1 Å². The summed E-state index contributed by atoms with van der Waals surface area (Å²) in [4.78, 5) is 31.0. The second-order valence-corrected chi connectivity index (χ2v) is 8.02. The largest absolute Gasteiger partial charge is 0.423 e. The molecule has 7 nitrogen and oxygen atoms in total. The highest BCUT2D eigenvalue weighted by atomic mass is 35.5. The molecule has 1 saturated carbocycles. The molecule has 1 aliphatic carbocycles. The third-order valence-electron chi connectivity index (χ3n) is 5.52. The third kappa shape index (κ3) is 3.40. The molecule has 0 radical (unpaired) electrons. The monoisotopic (exact) mass is 409 g/mol. The number of rotatable bonds is 2. The molecule has 0 amide bonds. The van der Waals surface area contributed by atoms with Crippen LogP contribution < -0.4 is 5.32 Å². The summed E-state index contributed by atoms with van der Waals surface area (Å²) in [6.45, 7) is 2.03. The average Bonchev–Trinajstić information content (AvgIpc) is 3.11. The number of carbonyl (C=O) groups is 1. The predicted molar refractivity (Wildman–Crippen MR) is 114 cm³/mol. The number of dihydropyridines is 1. The lowest BCUT2D eigenvalue weighted by atomic mass is 9.76. The van der Waals surface area contributed by atoms with Crippen LogP contribution in [0, 0.1) is 5.92 Å². The maximum absolute atomic E-state index is 12.8. The summed E-state index contributed by atoms with van der Waals surface area (Å²) < 4.78 is 5.75. The van der Waals surface area contributed by atoms with Crippen molar-refractivity contribution in [2.75, 3.05) is 5.32 Å². The van der Waals surface area contributed by atoms with Crippen molar-refractivity contribution < 1.29 is 9.21 Å². The van der Waals surface area contributed by atoms with E-state index in [-0.39, 0.29) is 23.8 Å². The fourth-order valence-corrected chi connectivity index (χ4v) is 4.41. The van der Waals surface area contributed by atoms with Crippen LogP contribution in [0.4, 0.5) is 6.01 Å². The molecule has 3 atom stereocenters. The van der Waals surface area contributed by atoms with E-state index in [1.54, 1.807) is 6.21 Å². The Morgan fingerprint density at radius 1 is 1.24 bits per heavy atom. The Hall–Kier alpha value is -2.80. The van der Waals surface area contributed by atoms with E-state index in [1.807, 2.05) is 31.2 Å². The molecule has 1 aromatic carbocycles. The molecule has 8 heteroatoms. The second kappa shape index (κ2) is 7.22. The minimum Gasteiger partial charge on any atom is -0.423 e. The minimum atomic E-state index is -0.371. The van der Waals surface area contributed by atoms with Crippen LogP contribution in [-0.4, -0.2) is 40.7 Å². The van der Waals surface area contributed by atoms with Gasteiger partial charge < -0.3 is 4.42 Å². The van der Waals surface area contributed by atoms with E-state index in [9.17, 15) is 4.79 Å². The van der Waals surface area contributed by atoms with Crippen molar-refractivity contribution in [3.05, 3.63) is 34.9 Å². The quantitative estimate of drug-likeness (QED) is 0.806. The molecule has 3 heterocycles. The van der Waals surface area contributed by atoms with E-state index in [0.717, 1.165) is 29.6 Å². The van der Waals surface area contributed by atoms with Crippen molar-refractivity contribution in [1.29, 1.82) is 0 Å². The third-order valence-corrected chi connectivity index (χ3v) is 5.86. The van der Waals surface area contributed by atoms with E-state index in [4.69, 9.17) is 21.0 Å². The second-order valence-electron chi connectivity index (χ2n) is 7.61. The molecule has 0 spiro atoms. The molecule has 0 bridgehead atoms. The Morgan fingerprint density at radius 3 is 2.97 bits per heavy atom. The fourth-order valence-electron chi connectivity index (χ4n) is 4.16. The number of para-hydroxylation sites is 2. The summed E-state index contributed by atoms with van der Waals surface area (Å²) in [6, 6.07) is 7.60. The SMILES string of the molecule is CC1CC(C2N=C(Nc3nc4ccccc4o3)N=C3CCCC(=O)C32)=C(Cl)C=N1. The van der Waals surface area contributed by atoms with Crippen molar-refractivity contribution in [2.45, 2.75) is 44.7 Å². The van der Waals surface area contributed by atoms with E-state index in [0.29, 0.717) is 35.4 Å². The van der Waals surface area contributed by atoms with Crippen LogP contribution in [0.3, 0.4) is 0 Å². The summed E-state index contributed by atoms with van der Waals surface area (Å²) in [5.41, 5.74) is 3.24. The lowest BCUT2D eigenvalue weighted by molar-refractivity contribution is -0.121. The molecule has 2 aromatic rings. The number of nitrogens with zero attached hydrogens (tertiary/aromatic N) is 4. The number of carbonyl (C=O) groups excluding carboxylic acids is 1. The molecule has 1 N–H and O–H groups in total. The number of benzene rings is 1. The van der Waals surface area contributed by atoms with Crippen molar-refractivity contribution in [3.8, 4) is 0 Å². The molecule has 148 valence electrons. The molecule has 1 fully saturated rings. The standard InChI is InChI=1S/C21H20ClN5O2/c1-11-9-12(13(22)10-23-11)19-18-15(6-4-7-16(18)28)24-20(26-19)27-21-25-14-5-2-3-8-17(14)29-21/h2-3,5,8,10-11,18-19H,4,6-7,9H2,1H3,(H,25,26,27). The molecular weight excluding hydrogens is 390 g/mol. The van der Waals surface area contributed by atoms with Gasteiger partial charge in [0.1, 0.15) is 11.3 Å². The highest BCUT2D eigenvalue weighted by Crippen LogP contribution is 2.35. The van der Waals surface area contributed by atoms with Gasteiger partial charge in [0.15, 0.2) is 5.58 Å². The number of allylic oxidation sites excluding steroid dienone is 1. The maximum Gasteiger partial charge on any atom is 0.302 e. The van der Waals surface area contributed by atoms with Gasteiger partial charge in [0, 0.05) is 18.3 Å². The van der Waals surface area contributed by atoms with Gasteiger partial charge in [-0.05, 0) is 43.9 Å². The van der Waals surface area contributed by atoms with Gasteiger partial charge in [0.25, 0.3) is 0 Å². The van der Waals surface area contributed by atoms with E-state index < -0.39 is 0 Å². The van der Waals surface area contributed by atoms with Gasteiger partial charge in [0.05, 0.1) is 23.0 Å². The van der Waals surface area contributed by atoms with Crippen molar-refractivity contribution >= 4 is 52.4 Å². The lowest BCUT2D eigenvalue weighted by Crippen LogP contribution is -2.43. The van der Waals surface area contributed by atoms with Crippen LogP contribution in [0.2, 0.25) is 0 Å². The Balaban J connectivity index is 1.53. The topological polar surface area (TPSA) is 92.2 Å². The number of Topliss-reactive ketones (excluding diaryl/α,β-unsaturated/α-hetero) is 1. The number of halogens is 1. The lowest BCUT2D eigenvalue weighted by Gasteiger charge is -2.34. The number of fused-ring (bicyclic) bond motifs is 2.